The van der Waals surface area contributed by atoms with Crippen LogP contribution in [0, 0.1) is 0 Å². The van der Waals surface area contributed by atoms with Crippen LogP contribution in [-0.4, -0.2) is 37.0 Å². The van der Waals surface area contributed by atoms with Crippen molar-refractivity contribution < 1.29 is 9.59 Å². The zero-order chi connectivity index (χ0) is 16.9. The molecular weight excluding hydrogens is 350 g/mol. The van der Waals surface area contributed by atoms with E-state index in [9.17, 15) is 9.59 Å². The number of amides is 2. The fourth-order valence-corrected chi connectivity index (χ4v) is 3.54. The lowest BCUT2D eigenvalue weighted by Gasteiger charge is -2.14. The molecule has 1 unspecified atom stereocenters. The molecule has 124 valence electrons. The number of hydrogen-bond donors (Lipinski definition) is 2. The Kier molecular flexibility index (Phi) is 4.91. The summed E-state index contributed by atoms with van der Waals surface area (Å²) in [6.45, 7) is 0. The van der Waals surface area contributed by atoms with Crippen LogP contribution in [0.2, 0.25) is 0 Å². The molecule has 3 N–H and O–H groups in total. The Morgan fingerprint density at radius 2 is 2.25 bits per heavy atom. The Balaban J connectivity index is 1.68. The first kappa shape index (κ1) is 16.2. The summed E-state index contributed by atoms with van der Waals surface area (Å²) in [5.41, 5.74) is 6.62. The molecule has 3 aromatic heterocycles. The van der Waals surface area contributed by atoms with Crippen LogP contribution < -0.4 is 11.1 Å². The van der Waals surface area contributed by atoms with Gasteiger partial charge in [-0.3, -0.25) is 9.59 Å². The number of nitrogens with zero attached hydrogens (tertiary/aromatic N) is 5. The van der Waals surface area contributed by atoms with Crippen LogP contribution in [0.4, 0.5) is 5.13 Å². The minimum Gasteiger partial charge on any atom is -0.369 e. The monoisotopic (exact) mass is 363 g/mol. The van der Waals surface area contributed by atoms with E-state index in [4.69, 9.17) is 5.73 Å². The zero-order valence-corrected chi connectivity index (χ0v) is 14.0. The second-order valence-corrected chi connectivity index (χ2v) is 6.54. The average Bonchev–Trinajstić information content (AvgIpc) is 3.27. The number of thiophene rings is 1. The van der Waals surface area contributed by atoms with E-state index in [1.807, 2.05) is 16.8 Å². The first-order valence-corrected chi connectivity index (χ1v) is 8.71. The molecule has 0 aromatic carbocycles. The van der Waals surface area contributed by atoms with Crippen molar-refractivity contribution in [2.75, 3.05) is 5.32 Å². The van der Waals surface area contributed by atoms with Crippen molar-refractivity contribution >= 4 is 39.6 Å². The maximum absolute atomic E-state index is 12.3. The number of nitrogens with one attached hydrogen (secondary N) is 1. The molecule has 0 saturated heterocycles. The zero-order valence-electron chi connectivity index (χ0n) is 12.3. The van der Waals surface area contributed by atoms with Crippen LogP contribution in [0.5, 0.6) is 0 Å². The third kappa shape index (κ3) is 4.00. The van der Waals surface area contributed by atoms with Gasteiger partial charge in [0.1, 0.15) is 6.33 Å². The van der Waals surface area contributed by atoms with Gasteiger partial charge >= 0.3 is 0 Å². The molecule has 9 nitrogen and oxygen atoms in total. The Labute approximate surface area is 144 Å². The molecule has 0 bridgehead atoms. The molecule has 24 heavy (non-hydrogen) atoms. The van der Waals surface area contributed by atoms with E-state index >= 15 is 0 Å². The number of anilines is 1. The third-order valence-corrected chi connectivity index (χ3v) is 4.65. The molecule has 3 heterocycles. The Morgan fingerprint density at radius 3 is 2.92 bits per heavy atom. The first-order valence-electron chi connectivity index (χ1n) is 6.89. The molecule has 3 rings (SSSR count). The summed E-state index contributed by atoms with van der Waals surface area (Å²) < 4.78 is 1.54. The number of hydrogen-bond acceptors (Lipinski definition) is 8. The molecule has 0 saturated carbocycles. The van der Waals surface area contributed by atoms with Gasteiger partial charge in [-0.15, -0.1) is 16.4 Å². The van der Waals surface area contributed by atoms with Gasteiger partial charge < -0.3 is 11.1 Å². The van der Waals surface area contributed by atoms with Gasteiger partial charge in [0.25, 0.3) is 0 Å². The van der Waals surface area contributed by atoms with Gasteiger partial charge in [0.2, 0.25) is 11.8 Å². The second kappa shape index (κ2) is 7.27. The molecule has 1 atom stereocenters. The smallest absolute Gasteiger partial charge is 0.228 e. The summed E-state index contributed by atoms with van der Waals surface area (Å²) in [5, 5.41) is 19.9. The van der Waals surface area contributed by atoms with Crippen LogP contribution in [0.1, 0.15) is 23.7 Å². The van der Waals surface area contributed by atoms with Crippen LogP contribution in [0.15, 0.2) is 28.5 Å². The number of aromatic nitrogens is 5. The number of nitrogens with two attached hydrogens (primary N) is 1. The maximum Gasteiger partial charge on any atom is 0.228 e. The topological polar surface area (TPSA) is 129 Å². The summed E-state index contributed by atoms with van der Waals surface area (Å²) >= 11 is 2.78. The number of carbonyl (C=O) groups excluding carboxylic acids is 2. The van der Waals surface area contributed by atoms with Crippen molar-refractivity contribution in [2.24, 2.45) is 5.73 Å². The van der Waals surface area contributed by atoms with E-state index in [-0.39, 0.29) is 24.8 Å². The number of primary amides is 1. The summed E-state index contributed by atoms with van der Waals surface area (Å²) in [7, 11) is 0. The molecule has 0 aliphatic carbocycles. The van der Waals surface area contributed by atoms with Crippen molar-refractivity contribution in [1.82, 2.24) is 25.2 Å². The average molecular weight is 363 g/mol. The Bertz CT molecular complexity index is 779. The molecule has 2 amide bonds. The highest BCUT2D eigenvalue weighted by atomic mass is 32.1. The Hall–Kier alpha value is -2.66. The number of thiazole rings is 1. The van der Waals surface area contributed by atoms with E-state index in [1.54, 1.807) is 10.1 Å². The predicted molar refractivity (Wildman–Crippen MR) is 88.5 cm³/mol. The Morgan fingerprint density at radius 1 is 1.38 bits per heavy atom. The third-order valence-electron chi connectivity index (χ3n) is 3.14. The quantitative estimate of drug-likeness (QED) is 0.640. The van der Waals surface area contributed by atoms with E-state index in [0.717, 1.165) is 5.56 Å². The van der Waals surface area contributed by atoms with E-state index in [2.05, 4.69) is 25.8 Å². The van der Waals surface area contributed by atoms with Crippen LogP contribution in [0.3, 0.4) is 0 Å². The van der Waals surface area contributed by atoms with Gasteiger partial charge in [-0.25, -0.2) is 9.67 Å². The highest BCUT2D eigenvalue weighted by Crippen LogP contribution is 2.24. The van der Waals surface area contributed by atoms with E-state index in [1.165, 1.54) is 29.0 Å². The fraction of sp³-hybridized carbons (Fsp3) is 0.231. The van der Waals surface area contributed by atoms with E-state index in [0.29, 0.717) is 10.8 Å². The lowest BCUT2D eigenvalue weighted by molar-refractivity contribution is -0.117. The summed E-state index contributed by atoms with van der Waals surface area (Å²) in [6.07, 6.45) is 1.69. The van der Waals surface area contributed by atoms with Crippen molar-refractivity contribution in [3.63, 3.8) is 0 Å². The second-order valence-electron chi connectivity index (χ2n) is 4.90. The summed E-state index contributed by atoms with van der Waals surface area (Å²) in [4.78, 5) is 27.4. The SMILES string of the molecule is NC(=O)Cc1csc(NC(=O)CC(c2ccsc2)n2cnnn2)n1. The molecular formula is C13H13N7O2S2. The molecule has 11 heteroatoms. The summed E-state index contributed by atoms with van der Waals surface area (Å²) in [5.74, 6) is -0.684. The van der Waals surface area contributed by atoms with Crippen LogP contribution >= 0.6 is 22.7 Å². The minimum absolute atomic E-state index is 0.0501. The molecule has 0 spiro atoms. The number of carbonyl (C=O) groups is 2. The van der Waals surface area contributed by atoms with Crippen molar-refractivity contribution in [1.29, 1.82) is 0 Å². The molecule has 0 radical (unpaired) electrons. The molecule has 0 aliphatic rings. The van der Waals surface area contributed by atoms with Crippen molar-refractivity contribution in [3.05, 3.63) is 39.8 Å². The summed E-state index contributed by atoms with van der Waals surface area (Å²) in [6, 6.07) is 1.63. The van der Waals surface area contributed by atoms with E-state index < -0.39 is 5.91 Å². The molecule has 0 aliphatic heterocycles. The van der Waals surface area contributed by atoms with Crippen LogP contribution in [-0.2, 0) is 16.0 Å². The molecule has 0 fully saturated rings. The fourth-order valence-electron chi connectivity index (χ4n) is 2.11. The number of tetrazole rings is 1. The standard InChI is InChI=1S/C13H13N7O2S2/c14-11(21)3-9-6-24-13(16-9)17-12(22)4-10(8-1-2-23-5-8)20-7-15-18-19-20/h1-2,5-7,10H,3-4H2,(H2,14,21)(H,16,17,22). The normalized spacial score (nSPS) is 12.0. The van der Waals surface area contributed by atoms with Crippen LogP contribution in [0.25, 0.3) is 0 Å². The molecule has 3 aromatic rings. The van der Waals surface area contributed by atoms with Gasteiger partial charge in [-0.2, -0.15) is 11.3 Å². The predicted octanol–water partition coefficient (Wildman–Crippen LogP) is 0.837. The first-order chi connectivity index (χ1) is 11.6. The maximum atomic E-state index is 12.3. The lowest BCUT2D eigenvalue weighted by atomic mass is 10.1. The highest BCUT2D eigenvalue weighted by molar-refractivity contribution is 7.14. The van der Waals surface area contributed by atoms with Gasteiger partial charge in [0, 0.05) is 5.38 Å². The number of rotatable bonds is 7. The largest absolute Gasteiger partial charge is 0.369 e. The van der Waals surface area contributed by atoms with Crippen molar-refractivity contribution in [3.8, 4) is 0 Å². The van der Waals surface area contributed by atoms with Crippen molar-refractivity contribution in [2.45, 2.75) is 18.9 Å². The minimum atomic E-state index is -0.464. The highest BCUT2D eigenvalue weighted by Gasteiger charge is 2.20. The van der Waals surface area contributed by atoms with Gasteiger partial charge in [0.05, 0.1) is 24.6 Å². The lowest BCUT2D eigenvalue weighted by Crippen LogP contribution is -2.20. The van der Waals surface area contributed by atoms with Gasteiger partial charge in [0.15, 0.2) is 5.13 Å². The van der Waals surface area contributed by atoms with Gasteiger partial charge in [-0.05, 0) is 32.8 Å². The van der Waals surface area contributed by atoms with Gasteiger partial charge in [-0.1, -0.05) is 0 Å².